The smallest absolute Gasteiger partial charge is 0.293 e. The summed E-state index contributed by atoms with van der Waals surface area (Å²) in [6.07, 6.45) is 3.00. The summed E-state index contributed by atoms with van der Waals surface area (Å²) in [6.45, 7) is 8.27. The lowest BCUT2D eigenvalue weighted by Crippen LogP contribution is -2.35. The van der Waals surface area contributed by atoms with Gasteiger partial charge in [-0.3, -0.25) is 14.5 Å². The lowest BCUT2D eigenvalue weighted by molar-refractivity contribution is -0.122. The number of rotatable bonds is 8. The number of carbonyl (C=O) groups excluding carboxylic acids is 1. The van der Waals surface area contributed by atoms with E-state index in [4.69, 9.17) is 4.74 Å². The van der Waals surface area contributed by atoms with Crippen LogP contribution in [0.4, 0.5) is 0 Å². The number of aromatic amines is 1. The molecule has 2 aromatic carbocycles. The van der Waals surface area contributed by atoms with Crippen LogP contribution in [-0.4, -0.2) is 58.7 Å². The molecule has 1 unspecified atom stereocenters. The highest BCUT2D eigenvalue weighted by Gasteiger charge is 2.26. The summed E-state index contributed by atoms with van der Waals surface area (Å²) in [7, 11) is 0. The molecule has 1 aromatic heterocycles. The van der Waals surface area contributed by atoms with Gasteiger partial charge in [-0.25, -0.2) is 4.98 Å². The number of aromatic hydroxyl groups is 1. The Labute approximate surface area is 216 Å². The first-order chi connectivity index (χ1) is 18.0. The van der Waals surface area contributed by atoms with Crippen LogP contribution in [0.5, 0.6) is 5.75 Å². The van der Waals surface area contributed by atoms with E-state index in [0.29, 0.717) is 0 Å². The Morgan fingerprint density at radius 3 is 2.35 bits per heavy atom. The number of hydrogen-bond acceptors (Lipinski definition) is 6. The summed E-state index contributed by atoms with van der Waals surface area (Å²) < 4.78 is 5.40. The maximum absolute atomic E-state index is 12.8. The van der Waals surface area contributed by atoms with Gasteiger partial charge in [-0.05, 0) is 41.8 Å². The van der Waals surface area contributed by atoms with E-state index in [-0.39, 0.29) is 24.6 Å². The molecule has 0 saturated carbocycles. The van der Waals surface area contributed by atoms with Gasteiger partial charge in [0.2, 0.25) is 11.7 Å². The second-order valence-corrected chi connectivity index (χ2v) is 8.79. The third kappa shape index (κ3) is 7.17. The minimum atomic E-state index is -0.838. The standard InChI is InChI=1S/C29H30N4O4/c1-2-13-30-28(35)25(26-27(34)29(36)32-20-31-26)18-23-9-5-21(6-10-23)3-4-22-7-11-24(12-8-22)19-33-14-16-37-17-15-33/h2,5-12,20,25,34H,1,13-19H2,(H,30,35)(H,31,32,36). The minimum absolute atomic E-state index is 0.0336. The third-order valence-corrected chi connectivity index (χ3v) is 6.13. The number of morpholine rings is 1. The van der Waals surface area contributed by atoms with Crippen molar-refractivity contribution in [2.75, 3.05) is 32.8 Å². The van der Waals surface area contributed by atoms with Crippen molar-refractivity contribution >= 4 is 5.91 Å². The Kier molecular flexibility index (Phi) is 8.87. The predicted molar refractivity (Wildman–Crippen MR) is 141 cm³/mol. The van der Waals surface area contributed by atoms with Crippen LogP contribution in [0.3, 0.4) is 0 Å². The molecule has 3 aromatic rings. The molecule has 1 amide bonds. The summed E-state index contributed by atoms with van der Waals surface area (Å²) in [5.74, 6) is 4.62. The number of benzene rings is 2. The lowest BCUT2D eigenvalue weighted by Gasteiger charge is -2.26. The quantitative estimate of drug-likeness (QED) is 0.325. The second kappa shape index (κ2) is 12.7. The Morgan fingerprint density at radius 2 is 1.73 bits per heavy atom. The maximum Gasteiger partial charge on any atom is 0.293 e. The van der Waals surface area contributed by atoms with E-state index >= 15 is 0 Å². The fourth-order valence-electron chi connectivity index (χ4n) is 4.09. The van der Waals surface area contributed by atoms with Crippen molar-refractivity contribution in [2.24, 2.45) is 0 Å². The summed E-state index contributed by atoms with van der Waals surface area (Å²) in [6, 6.07) is 15.8. The van der Waals surface area contributed by atoms with Gasteiger partial charge in [0.1, 0.15) is 5.69 Å². The molecule has 0 radical (unpaired) electrons. The number of carbonyl (C=O) groups is 1. The molecule has 190 valence electrons. The summed E-state index contributed by atoms with van der Waals surface area (Å²) in [5, 5.41) is 12.9. The van der Waals surface area contributed by atoms with Crippen LogP contribution in [-0.2, 0) is 22.5 Å². The van der Waals surface area contributed by atoms with Gasteiger partial charge in [-0.15, -0.1) is 6.58 Å². The highest BCUT2D eigenvalue weighted by atomic mass is 16.5. The third-order valence-electron chi connectivity index (χ3n) is 6.13. The molecule has 4 rings (SSSR count). The van der Waals surface area contributed by atoms with Crippen molar-refractivity contribution in [2.45, 2.75) is 18.9 Å². The van der Waals surface area contributed by atoms with E-state index in [1.807, 2.05) is 36.4 Å². The van der Waals surface area contributed by atoms with Crippen LogP contribution >= 0.6 is 0 Å². The predicted octanol–water partition coefficient (Wildman–Crippen LogP) is 2.34. The number of amides is 1. The van der Waals surface area contributed by atoms with Gasteiger partial charge in [0.15, 0.2) is 0 Å². The van der Waals surface area contributed by atoms with E-state index < -0.39 is 17.2 Å². The van der Waals surface area contributed by atoms with E-state index in [1.165, 1.54) is 11.9 Å². The van der Waals surface area contributed by atoms with Gasteiger partial charge in [0.05, 0.1) is 25.5 Å². The van der Waals surface area contributed by atoms with Gasteiger partial charge >= 0.3 is 0 Å². The number of hydrogen-bond donors (Lipinski definition) is 3. The van der Waals surface area contributed by atoms with Crippen LogP contribution in [0.25, 0.3) is 0 Å². The van der Waals surface area contributed by atoms with Crippen LogP contribution in [0.1, 0.15) is 33.9 Å². The first kappa shape index (κ1) is 25.9. The summed E-state index contributed by atoms with van der Waals surface area (Å²) in [4.78, 5) is 33.4. The highest BCUT2D eigenvalue weighted by molar-refractivity contribution is 5.84. The van der Waals surface area contributed by atoms with Crippen molar-refractivity contribution < 1.29 is 14.6 Å². The molecular formula is C29H30N4O4. The fourth-order valence-corrected chi connectivity index (χ4v) is 4.09. The molecule has 1 aliphatic rings. The topological polar surface area (TPSA) is 108 Å². The van der Waals surface area contributed by atoms with Crippen molar-refractivity contribution in [3.63, 3.8) is 0 Å². The van der Waals surface area contributed by atoms with Gasteiger partial charge in [0.25, 0.3) is 5.56 Å². The summed E-state index contributed by atoms with van der Waals surface area (Å²) >= 11 is 0. The molecular weight excluding hydrogens is 468 g/mol. The van der Waals surface area contributed by atoms with E-state index in [9.17, 15) is 14.7 Å². The van der Waals surface area contributed by atoms with Crippen LogP contribution in [0.15, 0.2) is 72.3 Å². The number of H-pyrrole nitrogens is 1. The molecule has 1 aliphatic heterocycles. The first-order valence-corrected chi connectivity index (χ1v) is 12.2. The molecule has 1 atom stereocenters. The van der Waals surface area contributed by atoms with E-state index in [2.05, 4.69) is 50.7 Å². The molecule has 0 aliphatic carbocycles. The average Bonchev–Trinajstić information content (AvgIpc) is 2.93. The molecule has 1 fully saturated rings. The van der Waals surface area contributed by atoms with Gasteiger partial charge in [-0.1, -0.05) is 42.2 Å². The molecule has 0 bridgehead atoms. The zero-order chi connectivity index (χ0) is 26.0. The van der Waals surface area contributed by atoms with Crippen LogP contribution < -0.4 is 10.9 Å². The maximum atomic E-state index is 12.8. The molecule has 2 heterocycles. The van der Waals surface area contributed by atoms with Crippen molar-refractivity contribution in [3.8, 4) is 17.6 Å². The van der Waals surface area contributed by atoms with E-state index in [1.54, 1.807) is 6.08 Å². The number of aromatic nitrogens is 2. The molecule has 1 saturated heterocycles. The molecule has 0 spiro atoms. The minimum Gasteiger partial charge on any atom is -0.502 e. The van der Waals surface area contributed by atoms with Gasteiger partial charge in [0, 0.05) is 37.3 Å². The number of nitrogens with one attached hydrogen (secondary N) is 2. The van der Waals surface area contributed by atoms with Gasteiger partial charge in [-0.2, -0.15) is 0 Å². The zero-order valence-electron chi connectivity index (χ0n) is 20.6. The zero-order valence-corrected chi connectivity index (χ0v) is 20.6. The Bertz CT molecular complexity index is 1330. The number of nitrogens with zero attached hydrogens (tertiary/aromatic N) is 2. The first-order valence-electron chi connectivity index (χ1n) is 12.2. The van der Waals surface area contributed by atoms with E-state index in [0.717, 1.165) is 49.5 Å². The van der Waals surface area contributed by atoms with Crippen molar-refractivity contribution in [1.82, 2.24) is 20.2 Å². The normalized spacial score (nSPS) is 14.3. The van der Waals surface area contributed by atoms with Crippen LogP contribution in [0.2, 0.25) is 0 Å². The highest BCUT2D eigenvalue weighted by Crippen LogP contribution is 2.24. The second-order valence-electron chi connectivity index (χ2n) is 8.79. The van der Waals surface area contributed by atoms with Gasteiger partial charge < -0.3 is 20.1 Å². The molecule has 8 nitrogen and oxygen atoms in total. The SMILES string of the molecule is C=CCNC(=O)C(Cc1ccc(C#Cc2ccc(CN3CCOCC3)cc2)cc1)c1nc[nH]c(=O)c1O. The average molecular weight is 499 g/mol. The Morgan fingerprint density at radius 1 is 1.11 bits per heavy atom. The Balaban J connectivity index is 1.43. The molecule has 37 heavy (non-hydrogen) atoms. The Hall–Kier alpha value is -4.19. The van der Waals surface area contributed by atoms with Crippen molar-refractivity contribution in [3.05, 3.63) is 106 Å². The van der Waals surface area contributed by atoms with Crippen LogP contribution in [0, 0.1) is 11.8 Å². The molecule has 3 N–H and O–H groups in total. The van der Waals surface area contributed by atoms with Crippen molar-refractivity contribution in [1.29, 1.82) is 0 Å². The summed E-state index contributed by atoms with van der Waals surface area (Å²) in [5.41, 5.74) is 3.22. The lowest BCUT2D eigenvalue weighted by atomic mass is 9.94. The largest absolute Gasteiger partial charge is 0.502 e. The monoisotopic (exact) mass is 498 g/mol. The number of ether oxygens (including phenoxy) is 1. The fraction of sp³-hybridized carbons (Fsp3) is 0.276. The molecule has 8 heteroatoms.